The van der Waals surface area contributed by atoms with Gasteiger partial charge in [-0.25, -0.2) is 9.67 Å². The number of aromatic nitrogens is 6. The van der Waals surface area contributed by atoms with E-state index >= 15 is 0 Å². The monoisotopic (exact) mass is 353 g/mol. The molecule has 0 spiro atoms. The first-order valence-electron chi connectivity index (χ1n) is 9.13. The highest BCUT2D eigenvalue weighted by molar-refractivity contribution is 5.98. The standard InChI is InChI=1S/C18H23N7O/c1-12(2)16-21-14-7-6-13(10-15(14)22-16)20-17(26)18(8-4-3-5-9-18)25-11-19-23-24-25/h6-7,10-12H,3-5,8-9H2,1-2H3,(H,20,26)(H,21,22). The molecule has 0 unspecified atom stereocenters. The molecule has 2 aromatic heterocycles. The number of aromatic amines is 1. The second kappa shape index (κ2) is 6.51. The molecule has 1 saturated carbocycles. The van der Waals surface area contributed by atoms with Gasteiger partial charge in [-0.3, -0.25) is 4.79 Å². The molecule has 1 aromatic carbocycles. The summed E-state index contributed by atoms with van der Waals surface area (Å²) in [6.45, 7) is 4.19. The molecule has 26 heavy (non-hydrogen) atoms. The lowest BCUT2D eigenvalue weighted by atomic mass is 9.81. The van der Waals surface area contributed by atoms with Crippen molar-refractivity contribution in [2.45, 2.75) is 57.4 Å². The normalized spacial score (nSPS) is 16.9. The fourth-order valence-corrected chi connectivity index (χ4v) is 3.68. The van der Waals surface area contributed by atoms with Gasteiger partial charge >= 0.3 is 0 Å². The van der Waals surface area contributed by atoms with Crippen molar-refractivity contribution in [3.05, 3.63) is 30.4 Å². The highest BCUT2D eigenvalue weighted by Gasteiger charge is 2.42. The van der Waals surface area contributed by atoms with Gasteiger partial charge in [-0.15, -0.1) is 5.10 Å². The number of carbonyl (C=O) groups is 1. The Hall–Kier alpha value is -2.77. The van der Waals surface area contributed by atoms with Gasteiger partial charge in [-0.2, -0.15) is 0 Å². The van der Waals surface area contributed by atoms with Crippen LogP contribution in [0.5, 0.6) is 0 Å². The number of H-pyrrole nitrogens is 1. The molecule has 0 aliphatic heterocycles. The van der Waals surface area contributed by atoms with E-state index < -0.39 is 5.54 Å². The maximum atomic E-state index is 13.2. The molecule has 0 radical (unpaired) electrons. The van der Waals surface area contributed by atoms with Crippen LogP contribution in [0.3, 0.4) is 0 Å². The molecule has 0 atom stereocenters. The fourth-order valence-electron chi connectivity index (χ4n) is 3.68. The summed E-state index contributed by atoms with van der Waals surface area (Å²) in [7, 11) is 0. The number of tetrazole rings is 1. The predicted molar refractivity (Wildman–Crippen MR) is 97.7 cm³/mol. The average molecular weight is 353 g/mol. The van der Waals surface area contributed by atoms with Crippen LogP contribution in [-0.4, -0.2) is 36.1 Å². The van der Waals surface area contributed by atoms with Crippen molar-refractivity contribution >= 4 is 22.6 Å². The zero-order valence-corrected chi connectivity index (χ0v) is 15.1. The first kappa shape index (κ1) is 16.7. The Kier molecular flexibility index (Phi) is 4.18. The Morgan fingerprint density at radius 2 is 2.08 bits per heavy atom. The van der Waals surface area contributed by atoms with Gasteiger partial charge in [0, 0.05) is 11.6 Å². The lowest BCUT2D eigenvalue weighted by molar-refractivity contribution is -0.126. The van der Waals surface area contributed by atoms with E-state index in [1.807, 2.05) is 18.2 Å². The van der Waals surface area contributed by atoms with Crippen LogP contribution in [0.15, 0.2) is 24.5 Å². The van der Waals surface area contributed by atoms with Gasteiger partial charge in [-0.1, -0.05) is 33.1 Å². The fraction of sp³-hybridized carbons (Fsp3) is 0.500. The van der Waals surface area contributed by atoms with Crippen LogP contribution >= 0.6 is 0 Å². The van der Waals surface area contributed by atoms with Gasteiger partial charge < -0.3 is 10.3 Å². The van der Waals surface area contributed by atoms with Crippen molar-refractivity contribution in [1.29, 1.82) is 0 Å². The molecular formula is C18H23N7O. The van der Waals surface area contributed by atoms with E-state index in [0.29, 0.717) is 5.92 Å². The molecule has 4 rings (SSSR count). The summed E-state index contributed by atoms with van der Waals surface area (Å²) in [6.07, 6.45) is 6.14. The highest BCUT2D eigenvalue weighted by Crippen LogP contribution is 2.35. The Labute approximate surface area is 151 Å². The summed E-state index contributed by atoms with van der Waals surface area (Å²) in [6, 6.07) is 5.75. The number of hydrogen-bond acceptors (Lipinski definition) is 5. The number of imidazole rings is 1. The third kappa shape index (κ3) is 2.85. The largest absolute Gasteiger partial charge is 0.342 e. The highest BCUT2D eigenvalue weighted by atomic mass is 16.2. The summed E-state index contributed by atoms with van der Waals surface area (Å²) < 4.78 is 1.62. The molecule has 8 heteroatoms. The summed E-state index contributed by atoms with van der Waals surface area (Å²) in [5.41, 5.74) is 1.86. The topological polar surface area (TPSA) is 101 Å². The van der Waals surface area contributed by atoms with Crippen LogP contribution in [0.4, 0.5) is 5.69 Å². The van der Waals surface area contributed by atoms with Crippen molar-refractivity contribution < 1.29 is 4.79 Å². The van der Waals surface area contributed by atoms with E-state index in [0.717, 1.165) is 54.6 Å². The minimum atomic E-state index is -0.714. The molecule has 3 aromatic rings. The molecule has 0 saturated heterocycles. The molecule has 0 bridgehead atoms. The number of anilines is 1. The van der Waals surface area contributed by atoms with Gasteiger partial charge in [0.1, 0.15) is 17.7 Å². The van der Waals surface area contributed by atoms with Crippen molar-refractivity contribution in [2.24, 2.45) is 0 Å². The summed E-state index contributed by atoms with van der Waals surface area (Å²) in [5, 5.41) is 14.6. The Morgan fingerprint density at radius 3 is 2.77 bits per heavy atom. The van der Waals surface area contributed by atoms with E-state index in [-0.39, 0.29) is 5.91 Å². The Bertz CT molecular complexity index is 907. The number of benzene rings is 1. The Morgan fingerprint density at radius 1 is 1.27 bits per heavy atom. The number of carbonyl (C=O) groups excluding carboxylic acids is 1. The number of nitrogens with one attached hydrogen (secondary N) is 2. The zero-order chi connectivity index (χ0) is 18.1. The van der Waals surface area contributed by atoms with Gasteiger partial charge in [0.05, 0.1) is 11.0 Å². The lowest BCUT2D eigenvalue weighted by Crippen LogP contribution is -2.47. The van der Waals surface area contributed by atoms with Gasteiger partial charge in [-0.05, 0) is 41.5 Å². The number of rotatable bonds is 4. The van der Waals surface area contributed by atoms with Gasteiger partial charge in [0.2, 0.25) is 0 Å². The molecule has 1 fully saturated rings. The number of amides is 1. The first-order chi connectivity index (χ1) is 12.6. The molecule has 1 aliphatic carbocycles. The van der Waals surface area contributed by atoms with Crippen molar-refractivity contribution in [3.8, 4) is 0 Å². The van der Waals surface area contributed by atoms with E-state index in [4.69, 9.17) is 0 Å². The van der Waals surface area contributed by atoms with Crippen molar-refractivity contribution in [1.82, 2.24) is 30.2 Å². The summed E-state index contributed by atoms with van der Waals surface area (Å²) in [5.74, 6) is 1.21. The minimum Gasteiger partial charge on any atom is -0.342 e. The maximum absolute atomic E-state index is 13.2. The van der Waals surface area contributed by atoms with E-state index in [1.54, 1.807) is 4.68 Å². The SMILES string of the molecule is CC(C)c1nc2ccc(NC(=O)C3(n4cnnn4)CCCCC3)cc2[nH]1. The van der Waals surface area contributed by atoms with Gasteiger partial charge in [0.15, 0.2) is 0 Å². The molecule has 8 nitrogen and oxygen atoms in total. The number of nitrogens with zero attached hydrogens (tertiary/aromatic N) is 5. The van der Waals surface area contributed by atoms with E-state index in [2.05, 4.69) is 44.7 Å². The maximum Gasteiger partial charge on any atom is 0.252 e. The van der Waals surface area contributed by atoms with Crippen molar-refractivity contribution in [2.75, 3.05) is 5.32 Å². The van der Waals surface area contributed by atoms with Crippen LogP contribution in [0.25, 0.3) is 11.0 Å². The predicted octanol–water partition coefficient (Wildman–Crippen LogP) is 2.97. The van der Waals surface area contributed by atoms with Crippen LogP contribution in [0, 0.1) is 0 Å². The van der Waals surface area contributed by atoms with Crippen LogP contribution in [0.1, 0.15) is 57.7 Å². The number of fused-ring (bicyclic) bond motifs is 1. The molecule has 2 heterocycles. The minimum absolute atomic E-state index is 0.0625. The smallest absolute Gasteiger partial charge is 0.252 e. The average Bonchev–Trinajstić information content (AvgIpc) is 3.32. The molecule has 2 N–H and O–H groups in total. The molecule has 1 amide bonds. The molecular weight excluding hydrogens is 330 g/mol. The van der Waals surface area contributed by atoms with Crippen LogP contribution in [0.2, 0.25) is 0 Å². The summed E-state index contributed by atoms with van der Waals surface area (Å²) in [4.78, 5) is 21.1. The van der Waals surface area contributed by atoms with E-state index in [1.165, 1.54) is 6.33 Å². The lowest BCUT2D eigenvalue weighted by Gasteiger charge is -2.35. The second-order valence-electron chi connectivity index (χ2n) is 7.31. The van der Waals surface area contributed by atoms with Gasteiger partial charge in [0.25, 0.3) is 5.91 Å². The Balaban J connectivity index is 1.62. The summed E-state index contributed by atoms with van der Waals surface area (Å²) >= 11 is 0. The first-order valence-corrected chi connectivity index (χ1v) is 9.13. The second-order valence-corrected chi connectivity index (χ2v) is 7.31. The molecule has 136 valence electrons. The zero-order valence-electron chi connectivity index (χ0n) is 15.1. The molecule has 1 aliphatic rings. The van der Waals surface area contributed by atoms with Crippen molar-refractivity contribution in [3.63, 3.8) is 0 Å². The van der Waals surface area contributed by atoms with Crippen LogP contribution in [-0.2, 0) is 10.3 Å². The third-order valence-electron chi connectivity index (χ3n) is 5.20. The quantitative estimate of drug-likeness (QED) is 0.751. The third-order valence-corrected chi connectivity index (χ3v) is 5.20. The van der Waals surface area contributed by atoms with Crippen LogP contribution < -0.4 is 5.32 Å². The van der Waals surface area contributed by atoms with E-state index in [9.17, 15) is 4.79 Å². The number of hydrogen-bond donors (Lipinski definition) is 2.